The van der Waals surface area contributed by atoms with Crippen LogP contribution in [-0.4, -0.2) is 19.2 Å². The quantitative estimate of drug-likeness (QED) is 0.381. The monoisotopic (exact) mass is 320 g/mol. The Bertz CT molecular complexity index is 618. The zero-order valence-corrected chi connectivity index (χ0v) is 10.4. The van der Waals surface area contributed by atoms with Crippen molar-refractivity contribution in [1.82, 2.24) is 0 Å². The summed E-state index contributed by atoms with van der Waals surface area (Å²) in [6.45, 7) is 0. The van der Waals surface area contributed by atoms with E-state index in [4.69, 9.17) is 5.73 Å². The first kappa shape index (κ1) is 15.6. The largest absolute Gasteiger partial charge is 0.392 e. The van der Waals surface area contributed by atoms with Crippen molar-refractivity contribution in [2.75, 3.05) is 10.5 Å². The summed E-state index contributed by atoms with van der Waals surface area (Å²) in [7, 11) is -4.48. The summed E-state index contributed by atoms with van der Waals surface area (Å²) in [5.74, 6) is -12.6. The molecule has 0 unspecified atom stereocenters. The summed E-state index contributed by atoms with van der Waals surface area (Å²) in [6, 6.07) is 0. The number of sulfonamides is 1. The molecule has 0 atom stereocenters. The Morgan fingerprint density at radius 1 is 1.00 bits per heavy atom. The van der Waals surface area contributed by atoms with E-state index in [9.17, 15) is 30.4 Å². The van der Waals surface area contributed by atoms with Gasteiger partial charge in [-0.25, -0.2) is 30.4 Å². The van der Waals surface area contributed by atoms with E-state index < -0.39 is 55.5 Å². The van der Waals surface area contributed by atoms with Crippen LogP contribution in [0.25, 0.3) is 0 Å². The van der Waals surface area contributed by atoms with Crippen LogP contribution in [0.5, 0.6) is 0 Å². The van der Waals surface area contributed by atoms with Crippen LogP contribution in [0, 0.1) is 29.1 Å². The van der Waals surface area contributed by atoms with Gasteiger partial charge in [0.1, 0.15) is 11.4 Å². The number of rotatable bonds is 4. The molecule has 1 aromatic carbocycles. The van der Waals surface area contributed by atoms with E-state index in [1.165, 1.54) is 4.72 Å². The van der Waals surface area contributed by atoms with Gasteiger partial charge < -0.3 is 5.73 Å². The summed E-state index contributed by atoms with van der Waals surface area (Å²) in [5.41, 5.74) is 3.22. The lowest BCUT2D eigenvalue weighted by Gasteiger charge is -2.10. The lowest BCUT2D eigenvalue weighted by atomic mass is 10.2. The number of anilines is 1. The first-order valence-electron chi connectivity index (χ1n) is 4.37. The van der Waals surface area contributed by atoms with Gasteiger partial charge in [-0.15, -0.1) is 0 Å². The molecule has 11 heteroatoms. The molecule has 106 valence electrons. The van der Waals surface area contributed by atoms with Crippen LogP contribution in [0.1, 0.15) is 0 Å². The molecule has 1 rings (SSSR count). The first-order chi connectivity index (χ1) is 8.57. The molecule has 0 aliphatic heterocycles. The average molecular weight is 320 g/mol. The van der Waals surface area contributed by atoms with Gasteiger partial charge in [0.2, 0.25) is 15.8 Å². The van der Waals surface area contributed by atoms with Gasteiger partial charge in [-0.3, -0.25) is 4.72 Å². The Kier molecular flexibility index (Phi) is 4.30. The van der Waals surface area contributed by atoms with E-state index in [0.29, 0.717) is 0 Å². The third kappa shape index (κ3) is 3.29. The highest BCUT2D eigenvalue weighted by atomic mass is 32.2. The molecule has 0 amide bonds. The molecule has 0 heterocycles. The van der Waals surface area contributed by atoms with Gasteiger partial charge in [-0.2, -0.15) is 0 Å². The smallest absolute Gasteiger partial charge is 0.239 e. The minimum atomic E-state index is -4.48. The zero-order chi connectivity index (χ0) is 15.0. The maximum absolute atomic E-state index is 13.2. The van der Waals surface area contributed by atoms with Crippen molar-refractivity contribution in [2.24, 2.45) is 5.73 Å². The number of nitrogens with one attached hydrogen (secondary N) is 1. The molecule has 0 aliphatic carbocycles. The number of hydrogen-bond donors (Lipinski definition) is 2. The van der Waals surface area contributed by atoms with Gasteiger partial charge in [0.05, 0.1) is 4.99 Å². The Morgan fingerprint density at radius 3 is 1.74 bits per heavy atom. The molecule has 19 heavy (non-hydrogen) atoms. The fourth-order valence-electron chi connectivity index (χ4n) is 1.07. The van der Waals surface area contributed by atoms with Crippen molar-refractivity contribution in [3.8, 4) is 0 Å². The fourth-order valence-corrected chi connectivity index (χ4v) is 2.48. The van der Waals surface area contributed by atoms with E-state index in [1.807, 2.05) is 0 Å². The molecule has 0 radical (unpaired) electrons. The normalized spacial score (nSPS) is 11.4. The lowest BCUT2D eigenvalue weighted by Crippen LogP contribution is -2.27. The van der Waals surface area contributed by atoms with Gasteiger partial charge >= 0.3 is 0 Å². The Balaban J connectivity index is 3.34. The highest BCUT2D eigenvalue weighted by molar-refractivity contribution is 7.95. The summed E-state index contributed by atoms with van der Waals surface area (Å²) in [5, 5.41) is 0. The molecule has 0 aliphatic rings. The lowest BCUT2D eigenvalue weighted by molar-refractivity contribution is 0.382. The Labute approximate surface area is 109 Å². The molecular formula is C8H5F5N2O2S2. The third-order valence-electron chi connectivity index (χ3n) is 1.80. The highest BCUT2D eigenvalue weighted by Crippen LogP contribution is 2.27. The van der Waals surface area contributed by atoms with Crippen LogP contribution < -0.4 is 10.5 Å². The fraction of sp³-hybridized carbons (Fsp3) is 0.125. The minimum Gasteiger partial charge on any atom is -0.392 e. The molecule has 3 N–H and O–H groups in total. The molecule has 0 aromatic heterocycles. The van der Waals surface area contributed by atoms with Gasteiger partial charge in [0, 0.05) is 0 Å². The maximum atomic E-state index is 13.2. The highest BCUT2D eigenvalue weighted by Gasteiger charge is 2.28. The van der Waals surface area contributed by atoms with Gasteiger partial charge in [0.15, 0.2) is 23.3 Å². The second-order valence-electron chi connectivity index (χ2n) is 3.27. The van der Waals surface area contributed by atoms with Crippen molar-refractivity contribution in [3.05, 3.63) is 29.1 Å². The number of benzene rings is 1. The van der Waals surface area contributed by atoms with E-state index in [-0.39, 0.29) is 0 Å². The van der Waals surface area contributed by atoms with E-state index in [0.717, 1.165) is 0 Å². The zero-order valence-electron chi connectivity index (χ0n) is 8.81. The summed E-state index contributed by atoms with van der Waals surface area (Å²) in [6.07, 6.45) is 0. The predicted octanol–water partition coefficient (Wildman–Crippen LogP) is 1.41. The Morgan fingerprint density at radius 2 is 1.37 bits per heavy atom. The summed E-state index contributed by atoms with van der Waals surface area (Å²) >= 11 is 4.26. The van der Waals surface area contributed by atoms with Crippen molar-refractivity contribution >= 4 is 32.9 Å². The van der Waals surface area contributed by atoms with Gasteiger partial charge in [0.25, 0.3) is 0 Å². The van der Waals surface area contributed by atoms with Gasteiger partial charge in [-0.05, 0) is 0 Å². The second-order valence-corrected chi connectivity index (χ2v) is 5.52. The molecule has 0 fully saturated rings. The summed E-state index contributed by atoms with van der Waals surface area (Å²) in [4.78, 5) is -0.545. The number of hydrogen-bond acceptors (Lipinski definition) is 3. The van der Waals surface area contributed by atoms with E-state index in [1.54, 1.807) is 0 Å². The van der Waals surface area contributed by atoms with Crippen LogP contribution in [0.3, 0.4) is 0 Å². The molecule has 0 spiro atoms. The summed E-state index contributed by atoms with van der Waals surface area (Å²) < 4.78 is 88.3. The standard InChI is InChI=1S/C8H5F5N2O2S2/c9-3-4(10)6(12)8(7(13)5(3)11)15-19(16,17)1-2(14)18/h15H,1H2,(H2,14,18). The van der Waals surface area contributed by atoms with Crippen molar-refractivity contribution < 1.29 is 30.4 Å². The molecule has 4 nitrogen and oxygen atoms in total. The third-order valence-corrected chi connectivity index (χ3v) is 3.33. The number of nitrogens with two attached hydrogens (primary N) is 1. The number of halogens is 5. The van der Waals surface area contributed by atoms with Crippen LogP contribution in [0.4, 0.5) is 27.6 Å². The Hall–Kier alpha value is -1.49. The van der Waals surface area contributed by atoms with Crippen molar-refractivity contribution in [3.63, 3.8) is 0 Å². The van der Waals surface area contributed by atoms with Crippen LogP contribution in [-0.2, 0) is 10.0 Å². The molecular weight excluding hydrogens is 315 g/mol. The average Bonchev–Trinajstić information content (AvgIpc) is 2.28. The predicted molar refractivity (Wildman–Crippen MR) is 60.4 cm³/mol. The van der Waals surface area contributed by atoms with Crippen LogP contribution >= 0.6 is 12.2 Å². The SMILES string of the molecule is NC(=S)CS(=O)(=O)Nc1c(F)c(F)c(F)c(F)c1F. The van der Waals surface area contributed by atoms with E-state index in [2.05, 4.69) is 12.2 Å². The minimum absolute atomic E-state index is 0.545. The van der Waals surface area contributed by atoms with Crippen LogP contribution in [0.2, 0.25) is 0 Å². The van der Waals surface area contributed by atoms with Crippen molar-refractivity contribution in [2.45, 2.75) is 0 Å². The van der Waals surface area contributed by atoms with Gasteiger partial charge in [-0.1, -0.05) is 12.2 Å². The first-order valence-corrected chi connectivity index (χ1v) is 6.43. The molecule has 0 saturated carbocycles. The molecule has 1 aromatic rings. The van der Waals surface area contributed by atoms with Crippen molar-refractivity contribution in [1.29, 1.82) is 0 Å². The topological polar surface area (TPSA) is 72.2 Å². The maximum Gasteiger partial charge on any atom is 0.239 e. The molecule has 0 saturated heterocycles. The molecule has 0 bridgehead atoms. The van der Waals surface area contributed by atoms with Crippen LogP contribution in [0.15, 0.2) is 0 Å². The number of thiocarbonyl (C=S) groups is 1. The second kappa shape index (κ2) is 5.25. The van der Waals surface area contributed by atoms with E-state index >= 15 is 0 Å².